The van der Waals surface area contributed by atoms with Crippen LogP contribution in [0.3, 0.4) is 0 Å². The van der Waals surface area contributed by atoms with Crippen molar-refractivity contribution in [3.63, 3.8) is 0 Å². The highest BCUT2D eigenvalue weighted by molar-refractivity contribution is 5.99. The molecule has 1 amide bonds. The molecule has 2 atom stereocenters. The molecule has 36 heavy (non-hydrogen) atoms. The van der Waals surface area contributed by atoms with Gasteiger partial charge in [-0.1, -0.05) is 6.07 Å². The maximum absolute atomic E-state index is 15.3. The van der Waals surface area contributed by atoms with Crippen LogP contribution in [-0.4, -0.2) is 42.8 Å². The molecule has 1 fully saturated rings. The second-order valence-corrected chi connectivity index (χ2v) is 9.01. The Morgan fingerprint density at radius 3 is 2.78 bits per heavy atom. The molecular formula is C24H20F4N6O2. The van der Waals surface area contributed by atoms with Crippen molar-refractivity contribution in [2.75, 3.05) is 12.3 Å². The first kappa shape index (κ1) is 22.7. The first-order chi connectivity index (χ1) is 17.1. The van der Waals surface area contributed by atoms with Gasteiger partial charge in [-0.15, -0.1) is 0 Å². The molecule has 1 saturated heterocycles. The van der Waals surface area contributed by atoms with E-state index in [4.69, 9.17) is 10.5 Å². The number of likely N-dealkylation sites (tertiary alicyclic amines) is 1. The molecule has 186 valence electrons. The van der Waals surface area contributed by atoms with Crippen LogP contribution in [0.5, 0.6) is 0 Å². The summed E-state index contributed by atoms with van der Waals surface area (Å²) in [6.07, 6.45) is -2.26. The predicted molar refractivity (Wildman–Crippen MR) is 120 cm³/mol. The summed E-state index contributed by atoms with van der Waals surface area (Å²) >= 11 is 0. The molecule has 4 aromatic rings. The number of anilines is 1. The minimum atomic E-state index is -4.60. The number of halogens is 4. The van der Waals surface area contributed by atoms with Crippen LogP contribution < -0.4 is 5.73 Å². The molecule has 2 aliphatic heterocycles. The van der Waals surface area contributed by atoms with E-state index in [1.54, 1.807) is 17.5 Å². The smallest absolute Gasteiger partial charge is 0.382 e. The second kappa shape index (κ2) is 7.85. The number of alkyl halides is 3. The van der Waals surface area contributed by atoms with Crippen molar-refractivity contribution in [2.45, 2.75) is 44.7 Å². The van der Waals surface area contributed by atoms with Crippen LogP contribution in [-0.2, 0) is 17.5 Å². The Morgan fingerprint density at radius 2 is 2.00 bits per heavy atom. The number of nitrogens with two attached hydrogens (primary N) is 1. The molecule has 0 bridgehead atoms. The number of benzene rings is 1. The number of piperidine rings is 1. The first-order valence-electron chi connectivity index (χ1n) is 11.4. The molecule has 6 rings (SSSR count). The quantitative estimate of drug-likeness (QED) is 0.394. The number of nitrogen functional groups attached to an aromatic ring is 1. The molecule has 0 saturated carbocycles. The standard InChI is InChI=1S/C24H20F4N6O2/c1-11-30-9-18-22(29)32-15-8-14(25)13(7-17(15)34(11)18)23(35)33-6-2-3-19-21(33)12-4-5-20(24(26,27)28)31-16(12)10-36-19/h4-5,7-9,19,21H,2-3,6,10H2,1H3,(H2,29,32)/t19-,21-/m0/s1. The highest BCUT2D eigenvalue weighted by atomic mass is 19.4. The molecule has 1 aromatic carbocycles. The summed E-state index contributed by atoms with van der Waals surface area (Å²) in [6.45, 7) is 1.96. The fourth-order valence-corrected chi connectivity index (χ4v) is 5.23. The fraction of sp³-hybridized carbons (Fsp3) is 0.333. The molecule has 3 aromatic heterocycles. The number of ether oxygens (including phenoxy) is 1. The van der Waals surface area contributed by atoms with Gasteiger partial charge in [0.05, 0.1) is 47.2 Å². The van der Waals surface area contributed by atoms with Gasteiger partial charge < -0.3 is 15.4 Å². The molecule has 0 radical (unpaired) electrons. The van der Waals surface area contributed by atoms with Gasteiger partial charge in [0.15, 0.2) is 0 Å². The van der Waals surface area contributed by atoms with E-state index in [0.717, 1.165) is 12.1 Å². The third-order valence-corrected chi connectivity index (χ3v) is 6.87. The molecule has 0 aliphatic carbocycles. The number of imidazole rings is 1. The summed E-state index contributed by atoms with van der Waals surface area (Å²) in [6, 6.07) is 4.14. The summed E-state index contributed by atoms with van der Waals surface area (Å²) in [4.78, 5) is 27.5. The lowest BCUT2D eigenvalue weighted by atomic mass is 9.88. The van der Waals surface area contributed by atoms with Crippen LogP contribution in [0.4, 0.5) is 23.4 Å². The zero-order chi connectivity index (χ0) is 25.4. The number of rotatable bonds is 1. The van der Waals surface area contributed by atoms with Gasteiger partial charge in [0.1, 0.15) is 28.7 Å². The van der Waals surface area contributed by atoms with E-state index in [1.807, 2.05) is 0 Å². The second-order valence-electron chi connectivity index (χ2n) is 9.01. The average molecular weight is 500 g/mol. The number of amides is 1. The van der Waals surface area contributed by atoms with E-state index >= 15 is 4.39 Å². The number of hydrogen-bond donors (Lipinski definition) is 1. The van der Waals surface area contributed by atoms with Crippen LogP contribution in [0.15, 0.2) is 30.5 Å². The molecule has 0 unspecified atom stereocenters. The zero-order valence-electron chi connectivity index (χ0n) is 19.0. The summed E-state index contributed by atoms with van der Waals surface area (Å²) < 4.78 is 62.4. The number of pyridine rings is 1. The topological polar surface area (TPSA) is 98.6 Å². The van der Waals surface area contributed by atoms with Crippen molar-refractivity contribution in [3.05, 3.63) is 64.6 Å². The Kier molecular flexibility index (Phi) is 4.94. The monoisotopic (exact) mass is 500 g/mol. The van der Waals surface area contributed by atoms with Crippen molar-refractivity contribution >= 4 is 28.3 Å². The van der Waals surface area contributed by atoms with Crippen molar-refractivity contribution < 1.29 is 27.1 Å². The van der Waals surface area contributed by atoms with Gasteiger partial charge in [0, 0.05) is 18.2 Å². The van der Waals surface area contributed by atoms with Crippen molar-refractivity contribution in [1.29, 1.82) is 0 Å². The minimum Gasteiger partial charge on any atom is -0.382 e. The van der Waals surface area contributed by atoms with Crippen LogP contribution in [0.2, 0.25) is 0 Å². The molecule has 5 heterocycles. The van der Waals surface area contributed by atoms with Crippen LogP contribution >= 0.6 is 0 Å². The predicted octanol–water partition coefficient (Wildman–Crippen LogP) is 4.20. The molecule has 2 N–H and O–H groups in total. The minimum absolute atomic E-state index is 0.0855. The number of carbonyl (C=O) groups is 1. The van der Waals surface area contributed by atoms with E-state index in [0.29, 0.717) is 41.8 Å². The highest BCUT2D eigenvalue weighted by Gasteiger charge is 2.42. The van der Waals surface area contributed by atoms with Crippen molar-refractivity contribution in [3.8, 4) is 0 Å². The maximum Gasteiger partial charge on any atom is 0.433 e. The number of aromatic nitrogens is 4. The Hall–Kier alpha value is -3.80. The number of carbonyl (C=O) groups excluding carboxylic acids is 1. The fourth-order valence-electron chi connectivity index (χ4n) is 5.23. The van der Waals surface area contributed by atoms with Gasteiger partial charge in [-0.2, -0.15) is 13.2 Å². The Balaban J connectivity index is 1.45. The number of fused-ring (bicyclic) bond motifs is 6. The first-order valence-corrected chi connectivity index (χ1v) is 11.4. The van der Waals surface area contributed by atoms with E-state index in [9.17, 15) is 18.0 Å². The van der Waals surface area contributed by atoms with Crippen LogP contribution in [0, 0.1) is 12.7 Å². The van der Waals surface area contributed by atoms with E-state index < -0.39 is 35.7 Å². The Bertz CT molecular complexity index is 1550. The molecule has 8 nitrogen and oxygen atoms in total. The largest absolute Gasteiger partial charge is 0.433 e. The normalized spacial score (nSPS) is 20.0. The highest BCUT2D eigenvalue weighted by Crippen LogP contribution is 2.41. The number of hydrogen-bond acceptors (Lipinski definition) is 6. The van der Waals surface area contributed by atoms with Gasteiger partial charge in [-0.3, -0.25) is 9.20 Å². The SMILES string of the molecule is Cc1ncc2c(N)nc3cc(F)c(C(=O)N4CCC[C@@H]5OCc6nc(C(F)(F)F)ccc6[C@@H]54)cc3n12. The van der Waals surface area contributed by atoms with E-state index in [2.05, 4.69) is 15.0 Å². The lowest BCUT2D eigenvalue weighted by Gasteiger charge is -2.44. The maximum atomic E-state index is 15.3. The van der Waals surface area contributed by atoms with Gasteiger partial charge in [-0.05, 0) is 31.9 Å². The molecule has 2 aliphatic rings. The lowest BCUT2D eigenvalue weighted by Crippen LogP contribution is -2.48. The third-order valence-electron chi connectivity index (χ3n) is 6.87. The van der Waals surface area contributed by atoms with Crippen LogP contribution in [0.1, 0.15) is 52.0 Å². The van der Waals surface area contributed by atoms with E-state index in [1.165, 1.54) is 17.0 Å². The number of nitrogens with zero attached hydrogens (tertiary/aromatic N) is 5. The van der Waals surface area contributed by atoms with Crippen molar-refractivity contribution in [1.82, 2.24) is 24.3 Å². The summed E-state index contributed by atoms with van der Waals surface area (Å²) in [5.41, 5.74) is 6.66. The lowest BCUT2D eigenvalue weighted by molar-refractivity contribution is -0.141. The Labute approximate surface area is 201 Å². The van der Waals surface area contributed by atoms with Gasteiger partial charge >= 0.3 is 6.18 Å². The van der Waals surface area contributed by atoms with Gasteiger partial charge in [0.2, 0.25) is 0 Å². The van der Waals surface area contributed by atoms with Gasteiger partial charge in [-0.25, -0.2) is 19.3 Å². The molecular weight excluding hydrogens is 480 g/mol. The summed E-state index contributed by atoms with van der Waals surface area (Å²) in [5.74, 6) is -0.597. The Morgan fingerprint density at radius 1 is 1.19 bits per heavy atom. The molecule has 12 heteroatoms. The zero-order valence-corrected chi connectivity index (χ0v) is 19.0. The van der Waals surface area contributed by atoms with Crippen molar-refractivity contribution in [2.24, 2.45) is 0 Å². The van der Waals surface area contributed by atoms with E-state index in [-0.39, 0.29) is 29.2 Å². The summed E-state index contributed by atoms with van der Waals surface area (Å²) in [7, 11) is 0. The average Bonchev–Trinajstić information content (AvgIpc) is 3.24. The van der Waals surface area contributed by atoms with Crippen LogP contribution in [0.25, 0.3) is 16.6 Å². The summed E-state index contributed by atoms with van der Waals surface area (Å²) in [5, 5.41) is 0. The molecule has 0 spiro atoms. The number of aryl methyl sites for hydroxylation is 1. The third kappa shape index (κ3) is 3.39. The van der Waals surface area contributed by atoms with Gasteiger partial charge in [0.25, 0.3) is 5.91 Å².